The number of rotatable bonds is 18. The van der Waals surface area contributed by atoms with E-state index in [-0.39, 0.29) is 17.1 Å². The Labute approximate surface area is 222 Å². The molecule has 0 aromatic carbocycles. The molecule has 0 saturated carbocycles. The fourth-order valence-corrected chi connectivity index (χ4v) is 5.88. The standard InChI is InChI=1S/3C8H19O2P.Fe/c3*1-3-5-6-7-8-11(9,10)4-2;/h3*3-8H2,1-2H3,(H,9,10);/q;;;+3/p-3. The molecule has 0 aliphatic heterocycles. The number of hydrogen-bond acceptors (Lipinski definition) is 6. The van der Waals surface area contributed by atoms with Crippen molar-refractivity contribution in [2.75, 3.05) is 37.0 Å². The SMILES string of the molecule is CCCCCCP(=O)([O-])CC.CCCCCCP(=O)([O-])CC.CCCCCCP(=O)([O-])CC.[Fe+3]. The third-order valence-electron chi connectivity index (χ3n) is 5.50. The Hall–Kier alpha value is 1.09. The van der Waals surface area contributed by atoms with E-state index in [1.165, 1.54) is 0 Å². The van der Waals surface area contributed by atoms with Crippen LogP contribution in [0.25, 0.3) is 0 Å². The third kappa shape index (κ3) is 35.3. The molecule has 3 atom stereocenters. The number of unbranched alkanes of at least 4 members (excludes halogenated alkanes) is 9. The van der Waals surface area contributed by atoms with Crippen LogP contribution in [0.4, 0.5) is 0 Å². The summed E-state index contributed by atoms with van der Waals surface area (Å²) in [5, 5.41) is 0. The molecular formula is C24H54FeO6P3. The van der Waals surface area contributed by atoms with Crippen molar-refractivity contribution in [2.45, 2.75) is 119 Å². The van der Waals surface area contributed by atoms with Gasteiger partial charge in [-0.15, -0.1) is 0 Å². The van der Waals surface area contributed by atoms with Gasteiger partial charge in [0.1, 0.15) is 0 Å². The second kappa shape index (κ2) is 27.1. The first kappa shape index (κ1) is 42.2. The van der Waals surface area contributed by atoms with E-state index in [0.717, 1.165) is 77.0 Å². The van der Waals surface area contributed by atoms with Crippen molar-refractivity contribution in [2.24, 2.45) is 0 Å². The zero-order chi connectivity index (χ0) is 26.2. The third-order valence-corrected chi connectivity index (χ3v) is 11.4. The molecule has 1 radical (unpaired) electrons. The molecule has 10 heteroatoms. The first-order valence-electron chi connectivity index (χ1n) is 13.2. The Kier molecular flexibility index (Phi) is 33.7. The van der Waals surface area contributed by atoms with Gasteiger partial charge in [-0.3, -0.25) is 0 Å². The van der Waals surface area contributed by atoms with Gasteiger partial charge < -0.3 is 28.4 Å². The minimum absolute atomic E-state index is 0. The summed E-state index contributed by atoms with van der Waals surface area (Å²) in [4.78, 5) is 33.0. The van der Waals surface area contributed by atoms with Gasteiger partial charge in [0.15, 0.2) is 0 Å². The maximum atomic E-state index is 11.0. The zero-order valence-corrected chi connectivity index (χ0v) is 26.7. The van der Waals surface area contributed by atoms with Crippen LogP contribution in [0.1, 0.15) is 119 Å². The van der Waals surface area contributed by atoms with Crippen molar-refractivity contribution in [1.82, 2.24) is 0 Å². The van der Waals surface area contributed by atoms with E-state index in [0.29, 0.717) is 37.0 Å². The van der Waals surface area contributed by atoms with Gasteiger partial charge in [-0.05, 0) is 56.2 Å². The molecule has 0 spiro atoms. The smallest absolute Gasteiger partial charge is 0.799 e. The maximum absolute atomic E-state index is 11.0. The fraction of sp³-hybridized carbons (Fsp3) is 1.00. The summed E-state index contributed by atoms with van der Waals surface area (Å²) >= 11 is 0. The molecule has 0 fully saturated rings. The van der Waals surface area contributed by atoms with Gasteiger partial charge in [0.25, 0.3) is 0 Å². The molecule has 0 amide bonds. The normalized spacial score (nSPS) is 15.8. The van der Waals surface area contributed by atoms with Crippen molar-refractivity contribution in [3.63, 3.8) is 0 Å². The van der Waals surface area contributed by atoms with Gasteiger partial charge in [0.05, 0.1) is 0 Å². The molecule has 0 aliphatic carbocycles. The van der Waals surface area contributed by atoms with Crippen LogP contribution in [0.2, 0.25) is 0 Å². The van der Waals surface area contributed by atoms with E-state index in [1.807, 2.05) is 0 Å². The summed E-state index contributed by atoms with van der Waals surface area (Å²) in [6, 6.07) is 0. The van der Waals surface area contributed by atoms with Gasteiger partial charge in [0.2, 0.25) is 0 Å². The molecule has 6 nitrogen and oxygen atoms in total. The van der Waals surface area contributed by atoms with Crippen molar-refractivity contribution in [3.05, 3.63) is 0 Å². The van der Waals surface area contributed by atoms with Crippen molar-refractivity contribution in [3.8, 4) is 0 Å². The number of hydrogen-bond donors (Lipinski definition) is 0. The molecule has 0 bridgehead atoms. The Bertz CT molecular complexity index is 485. The van der Waals surface area contributed by atoms with E-state index >= 15 is 0 Å². The minimum Gasteiger partial charge on any atom is -0.799 e. The first-order chi connectivity index (χ1) is 15.4. The van der Waals surface area contributed by atoms with Crippen molar-refractivity contribution in [1.29, 1.82) is 0 Å². The minimum atomic E-state index is -2.96. The molecule has 0 aromatic heterocycles. The van der Waals surface area contributed by atoms with Crippen LogP contribution in [0.15, 0.2) is 0 Å². The van der Waals surface area contributed by atoms with E-state index in [4.69, 9.17) is 0 Å². The van der Waals surface area contributed by atoms with E-state index < -0.39 is 22.1 Å². The van der Waals surface area contributed by atoms with Crippen LogP contribution in [-0.4, -0.2) is 37.0 Å². The van der Waals surface area contributed by atoms with Crippen LogP contribution in [0.3, 0.4) is 0 Å². The van der Waals surface area contributed by atoms with E-state index in [2.05, 4.69) is 20.8 Å². The molecule has 0 saturated heterocycles. The molecule has 0 aromatic rings. The zero-order valence-electron chi connectivity index (χ0n) is 22.9. The van der Waals surface area contributed by atoms with Crippen LogP contribution in [0, 0.1) is 0 Å². The maximum Gasteiger partial charge on any atom is 3.00 e. The average molecular weight is 587 g/mol. The molecule has 34 heavy (non-hydrogen) atoms. The van der Waals surface area contributed by atoms with Gasteiger partial charge >= 0.3 is 17.1 Å². The second-order valence-electron chi connectivity index (χ2n) is 8.75. The van der Waals surface area contributed by atoms with Gasteiger partial charge in [-0.2, -0.15) is 0 Å². The van der Waals surface area contributed by atoms with Crippen LogP contribution < -0.4 is 14.7 Å². The quantitative estimate of drug-likeness (QED) is 0.100. The summed E-state index contributed by atoms with van der Waals surface area (Å²) in [6.45, 7) is 11.5. The summed E-state index contributed by atoms with van der Waals surface area (Å²) in [5.74, 6) is 0. The Morgan fingerprint density at radius 3 is 0.765 bits per heavy atom. The van der Waals surface area contributed by atoms with E-state index in [9.17, 15) is 28.4 Å². The van der Waals surface area contributed by atoms with Gasteiger partial charge in [-0.25, -0.2) is 0 Å². The van der Waals surface area contributed by atoms with Gasteiger partial charge in [-0.1, -0.05) is 99.3 Å². The molecule has 3 unspecified atom stereocenters. The molecule has 0 rings (SSSR count). The first-order valence-corrected chi connectivity index (χ1v) is 19.2. The van der Waals surface area contributed by atoms with Crippen LogP contribution >= 0.6 is 22.1 Å². The van der Waals surface area contributed by atoms with Gasteiger partial charge in [0, 0.05) is 22.1 Å². The molecular weight excluding hydrogens is 533 g/mol. The fourth-order valence-electron chi connectivity index (χ4n) is 2.81. The van der Waals surface area contributed by atoms with Crippen molar-refractivity contribution < 1.29 is 45.4 Å². The molecule has 0 heterocycles. The Morgan fingerprint density at radius 2 is 0.618 bits per heavy atom. The predicted octanol–water partition coefficient (Wildman–Crippen LogP) is 6.67. The largest absolute Gasteiger partial charge is 3.00 e. The van der Waals surface area contributed by atoms with Crippen molar-refractivity contribution >= 4 is 22.1 Å². The van der Waals surface area contributed by atoms with E-state index in [1.54, 1.807) is 20.8 Å². The summed E-state index contributed by atoms with van der Waals surface area (Å²) in [5.41, 5.74) is 0. The molecule has 0 aliphatic rings. The predicted molar refractivity (Wildman–Crippen MR) is 141 cm³/mol. The molecule has 0 N–H and O–H groups in total. The topological polar surface area (TPSA) is 120 Å². The average Bonchev–Trinajstić information content (AvgIpc) is 2.78. The van der Waals surface area contributed by atoms with Crippen LogP contribution in [0.5, 0.6) is 0 Å². The monoisotopic (exact) mass is 587 g/mol. The Morgan fingerprint density at radius 1 is 0.412 bits per heavy atom. The second-order valence-corrected chi connectivity index (χ2v) is 16.9. The summed E-state index contributed by atoms with van der Waals surface area (Å²) in [7, 11) is -8.89. The summed E-state index contributed by atoms with van der Waals surface area (Å²) < 4.78 is 33.0. The summed E-state index contributed by atoms with van der Waals surface area (Å²) in [6.07, 6.45) is 14.9. The Balaban J connectivity index is -0.000000196. The van der Waals surface area contributed by atoms with Crippen LogP contribution in [-0.2, 0) is 30.8 Å². The molecule has 209 valence electrons.